The fraction of sp³-hybridized carbons (Fsp3) is 0.353. The van der Waals surface area contributed by atoms with Crippen molar-refractivity contribution in [1.29, 1.82) is 0 Å². The lowest BCUT2D eigenvalue weighted by Gasteiger charge is -2.22. The van der Waals surface area contributed by atoms with Gasteiger partial charge in [-0.05, 0) is 45.0 Å². The standard InChI is InChI=1S/C17H21FN2O.H2S/c1-17(2,3)19-11-16(21)15-9-5-8-14(20-15)12-6-4-7-13(18)10-12;/h4-10,16,19,21H,11H2,1-3H3;1H2/t16-;/m0./s1. The molecule has 0 fully saturated rings. The molecule has 0 aliphatic heterocycles. The monoisotopic (exact) mass is 322 g/mol. The van der Waals surface area contributed by atoms with Crippen LogP contribution in [0.1, 0.15) is 32.6 Å². The Bertz CT molecular complexity index is 614. The van der Waals surface area contributed by atoms with E-state index in [9.17, 15) is 9.50 Å². The van der Waals surface area contributed by atoms with E-state index in [4.69, 9.17) is 0 Å². The fourth-order valence-corrected chi connectivity index (χ4v) is 1.95. The molecule has 0 bridgehead atoms. The van der Waals surface area contributed by atoms with Crippen LogP contribution in [0.2, 0.25) is 0 Å². The molecule has 3 nitrogen and oxygen atoms in total. The van der Waals surface area contributed by atoms with Gasteiger partial charge in [0.05, 0.1) is 11.4 Å². The number of halogens is 1. The molecule has 2 aromatic rings. The van der Waals surface area contributed by atoms with Crippen molar-refractivity contribution in [3.63, 3.8) is 0 Å². The van der Waals surface area contributed by atoms with E-state index in [0.29, 0.717) is 23.5 Å². The van der Waals surface area contributed by atoms with E-state index in [-0.39, 0.29) is 24.9 Å². The number of β-amino-alcohol motifs (C(OH)–C–C–N with tert-alkyl or cyclic N) is 1. The molecule has 0 aliphatic carbocycles. The number of nitrogens with one attached hydrogen (secondary N) is 1. The molecular formula is C17H23FN2OS. The number of aliphatic hydroxyl groups is 1. The molecule has 1 atom stereocenters. The highest BCUT2D eigenvalue weighted by Crippen LogP contribution is 2.20. The van der Waals surface area contributed by atoms with Gasteiger partial charge in [0.2, 0.25) is 0 Å². The van der Waals surface area contributed by atoms with Crippen molar-refractivity contribution in [2.45, 2.75) is 32.4 Å². The second-order valence-corrected chi connectivity index (χ2v) is 6.10. The molecule has 0 amide bonds. The van der Waals surface area contributed by atoms with Gasteiger partial charge in [0.1, 0.15) is 11.9 Å². The predicted octanol–water partition coefficient (Wildman–Crippen LogP) is 3.42. The average molecular weight is 322 g/mol. The molecule has 1 heterocycles. The van der Waals surface area contributed by atoms with Gasteiger partial charge in [0.15, 0.2) is 0 Å². The minimum atomic E-state index is -0.697. The maximum Gasteiger partial charge on any atom is 0.123 e. The molecule has 22 heavy (non-hydrogen) atoms. The summed E-state index contributed by atoms with van der Waals surface area (Å²) >= 11 is 0. The molecule has 5 heteroatoms. The molecule has 0 aliphatic rings. The highest BCUT2D eigenvalue weighted by atomic mass is 32.1. The Morgan fingerprint density at radius 1 is 1.18 bits per heavy atom. The Hall–Kier alpha value is -1.43. The summed E-state index contributed by atoms with van der Waals surface area (Å²) in [7, 11) is 0. The van der Waals surface area contributed by atoms with Crippen LogP contribution < -0.4 is 5.32 Å². The van der Waals surface area contributed by atoms with E-state index in [2.05, 4.69) is 10.3 Å². The molecular weight excluding hydrogens is 299 g/mol. The second-order valence-electron chi connectivity index (χ2n) is 6.10. The van der Waals surface area contributed by atoms with Crippen molar-refractivity contribution >= 4 is 13.5 Å². The van der Waals surface area contributed by atoms with Crippen molar-refractivity contribution in [3.05, 3.63) is 54.0 Å². The Morgan fingerprint density at radius 3 is 2.50 bits per heavy atom. The summed E-state index contributed by atoms with van der Waals surface area (Å²) in [5.74, 6) is -0.297. The fourth-order valence-electron chi connectivity index (χ4n) is 1.95. The van der Waals surface area contributed by atoms with Crippen LogP contribution in [0, 0.1) is 5.82 Å². The van der Waals surface area contributed by atoms with Crippen LogP contribution in [0.3, 0.4) is 0 Å². The van der Waals surface area contributed by atoms with Crippen LogP contribution >= 0.6 is 13.5 Å². The number of pyridine rings is 1. The molecule has 1 aromatic carbocycles. The van der Waals surface area contributed by atoms with Crippen LogP contribution in [-0.4, -0.2) is 22.2 Å². The van der Waals surface area contributed by atoms with E-state index in [0.717, 1.165) is 0 Å². The zero-order valence-corrected chi connectivity index (χ0v) is 14.1. The third kappa shape index (κ3) is 5.40. The first kappa shape index (κ1) is 18.6. The first-order valence-corrected chi connectivity index (χ1v) is 7.01. The lowest BCUT2D eigenvalue weighted by atomic mass is 10.1. The van der Waals surface area contributed by atoms with Gasteiger partial charge in [0.25, 0.3) is 0 Å². The molecule has 2 N–H and O–H groups in total. The smallest absolute Gasteiger partial charge is 0.123 e. The largest absolute Gasteiger partial charge is 0.385 e. The molecule has 0 saturated carbocycles. The van der Waals surface area contributed by atoms with Crippen molar-refractivity contribution in [2.24, 2.45) is 0 Å². The van der Waals surface area contributed by atoms with E-state index in [1.165, 1.54) is 12.1 Å². The Balaban J connectivity index is 0.00000242. The van der Waals surface area contributed by atoms with Crippen molar-refractivity contribution in [1.82, 2.24) is 10.3 Å². The van der Waals surface area contributed by atoms with Crippen molar-refractivity contribution in [2.75, 3.05) is 6.54 Å². The first-order chi connectivity index (χ1) is 9.85. The summed E-state index contributed by atoms with van der Waals surface area (Å²) in [5, 5.41) is 13.4. The molecule has 0 unspecified atom stereocenters. The Morgan fingerprint density at radius 2 is 1.86 bits per heavy atom. The Labute approximate surface area is 138 Å². The zero-order chi connectivity index (χ0) is 15.5. The number of benzene rings is 1. The summed E-state index contributed by atoms with van der Waals surface area (Å²) in [4.78, 5) is 4.43. The summed E-state index contributed by atoms with van der Waals surface area (Å²) in [6, 6.07) is 11.7. The van der Waals surface area contributed by atoms with Gasteiger partial charge in [-0.25, -0.2) is 4.39 Å². The number of aliphatic hydroxyl groups excluding tert-OH is 1. The van der Waals surface area contributed by atoms with E-state index in [1.54, 1.807) is 18.2 Å². The summed E-state index contributed by atoms with van der Waals surface area (Å²) < 4.78 is 13.3. The van der Waals surface area contributed by atoms with Gasteiger partial charge in [-0.1, -0.05) is 18.2 Å². The number of aromatic nitrogens is 1. The number of hydrogen-bond acceptors (Lipinski definition) is 3. The van der Waals surface area contributed by atoms with Gasteiger partial charge in [-0.15, -0.1) is 0 Å². The number of hydrogen-bond donors (Lipinski definition) is 2. The second kappa shape index (κ2) is 7.72. The lowest BCUT2D eigenvalue weighted by molar-refractivity contribution is 0.159. The third-order valence-corrected chi connectivity index (χ3v) is 3.06. The summed E-state index contributed by atoms with van der Waals surface area (Å²) in [6.07, 6.45) is -0.697. The first-order valence-electron chi connectivity index (χ1n) is 7.01. The van der Waals surface area contributed by atoms with Gasteiger partial charge >= 0.3 is 0 Å². The average Bonchev–Trinajstić information content (AvgIpc) is 2.44. The highest BCUT2D eigenvalue weighted by Gasteiger charge is 2.15. The van der Waals surface area contributed by atoms with E-state index < -0.39 is 6.10 Å². The number of nitrogens with zero attached hydrogens (tertiary/aromatic N) is 1. The third-order valence-electron chi connectivity index (χ3n) is 3.06. The predicted molar refractivity (Wildman–Crippen MR) is 92.7 cm³/mol. The van der Waals surface area contributed by atoms with Gasteiger partial charge in [0, 0.05) is 17.6 Å². The van der Waals surface area contributed by atoms with Crippen LogP contribution in [-0.2, 0) is 0 Å². The van der Waals surface area contributed by atoms with Crippen LogP contribution in [0.15, 0.2) is 42.5 Å². The normalized spacial score (nSPS) is 12.6. The van der Waals surface area contributed by atoms with Crippen LogP contribution in [0.25, 0.3) is 11.3 Å². The SMILES string of the molecule is CC(C)(C)NC[C@H](O)c1cccc(-c2cccc(F)c2)n1.S. The lowest BCUT2D eigenvalue weighted by Crippen LogP contribution is -2.38. The molecule has 0 radical (unpaired) electrons. The maximum absolute atomic E-state index is 13.3. The molecule has 0 spiro atoms. The van der Waals surface area contributed by atoms with Gasteiger partial charge in [-0.2, -0.15) is 13.5 Å². The minimum Gasteiger partial charge on any atom is -0.385 e. The topological polar surface area (TPSA) is 45.1 Å². The molecule has 2 rings (SSSR count). The highest BCUT2D eigenvalue weighted by molar-refractivity contribution is 7.59. The van der Waals surface area contributed by atoms with Crippen molar-refractivity contribution < 1.29 is 9.50 Å². The zero-order valence-electron chi connectivity index (χ0n) is 13.1. The minimum absolute atomic E-state index is 0. The Kier molecular flexibility index (Phi) is 6.53. The quantitative estimate of drug-likeness (QED) is 0.906. The van der Waals surface area contributed by atoms with Crippen molar-refractivity contribution in [3.8, 4) is 11.3 Å². The molecule has 1 aromatic heterocycles. The summed E-state index contributed by atoms with van der Waals surface area (Å²) in [5.41, 5.74) is 1.87. The summed E-state index contributed by atoms with van der Waals surface area (Å²) in [6.45, 7) is 6.53. The van der Waals surface area contributed by atoms with E-state index in [1.807, 2.05) is 32.9 Å². The van der Waals surface area contributed by atoms with Crippen LogP contribution in [0.5, 0.6) is 0 Å². The maximum atomic E-state index is 13.3. The van der Waals surface area contributed by atoms with E-state index >= 15 is 0 Å². The van der Waals surface area contributed by atoms with Gasteiger partial charge in [-0.3, -0.25) is 4.98 Å². The molecule has 0 saturated heterocycles. The van der Waals surface area contributed by atoms with Crippen LogP contribution in [0.4, 0.5) is 4.39 Å². The van der Waals surface area contributed by atoms with Gasteiger partial charge < -0.3 is 10.4 Å². The molecule has 120 valence electrons. The number of rotatable bonds is 4.